The highest BCUT2D eigenvalue weighted by Crippen LogP contribution is 2.38. The number of nitrogens with two attached hydrogens (primary N) is 1. The Labute approximate surface area is 115 Å². The topological polar surface area (TPSA) is 38.5 Å². The highest BCUT2D eigenvalue weighted by Gasteiger charge is 2.38. The molecule has 2 atom stereocenters. The van der Waals surface area contributed by atoms with Crippen LogP contribution < -0.4 is 10.5 Å². The molecule has 2 N–H and O–H groups in total. The molecule has 0 aromatic heterocycles. The summed E-state index contributed by atoms with van der Waals surface area (Å²) in [5.74, 6) is 0.920. The van der Waals surface area contributed by atoms with Gasteiger partial charge in [-0.05, 0) is 49.9 Å². The van der Waals surface area contributed by atoms with Crippen molar-refractivity contribution in [3.05, 3.63) is 29.8 Å². The van der Waals surface area contributed by atoms with E-state index < -0.39 is 0 Å². The smallest absolute Gasteiger partial charge is 0.118 e. The molecule has 19 heavy (non-hydrogen) atoms. The number of likely N-dealkylation sites (tertiary alicyclic amines) is 1. The monoisotopic (exact) mass is 260 g/mol. The van der Waals surface area contributed by atoms with E-state index in [1.54, 1.807) is 7.11 Å². The molecule has 2 aliphatic rings. The van der Waals surface area contributed by atoms with Crippen LogP contribution in [0.2, 0.25) is 0 Å². The lowest BCUT2D eigenvalue weighted by atomic mass is 9.96. The molecule has 2 unspecified atom stereocenters. The van der Waals surface area contributed by atoms with Gasteiger partial charge in [-0.25, -0.2) is 0 Å². The Morgan fingerprint density at radius 2 is 1.84 bits per heavy atom. The molecule has 0 radical (unpaired) electrons. The second-order valence-corrected chi connectivity index (χ2v) is 5.85. The maximum absolute atomic E-state index is 6.46. The number of rotatable bonds is 3. The normalized spacial score (nSPS) is 28.9. The number of nitrogens with zero attached hydrogens (tertiary/aromatic N) is 1. The van der Waals surface area contributed by atoms with Gasteiger partial charge in [0.2, 0.25) is 0 Å². The molecule has 1 heterocycles. The van der Waals surface area contributed by atoms with Crippen molar-refractivity contribution in [1.82, 2.24) is 4.90 Å². The molecule has 1 aliphatic carbocycles. The largest absolute Gasteiger partial charge is 0.497 e. The number of ether oxygens (including phenoxy) is 1. The zero-order chi connectivity index (χ0) is 13.2. The molecule has 104 valence electrons. The number of methoxy groups -OCH3 is 1. The predicted octanol–water partition coefficient (Wildman–Crippen LogP) is 2.71. The van der Waals surface area contributed by atoms with Gasteiger partial charge in [0.15, 0.2) is 0 Å². The van der Waals surface area contributed by atoms with Crippen molar-refractivity contribution in [2.75, 3.05) is 13.7 Å². The molecule has 1 aliphatic heterocycles. The second kappa shape index (κ2) is 5.51. The van der Waals surface area contributed by atoms with E-state index in [-0.39, 0.29) is 6.04 Å². The van der Waals surface area contributed by atoms with E-state index in [0.717, 1.165) is 18.2 Å². The molecule has 3 heteroatoms. The maximum atomic E-state index is 6.46. The molecule has 0 spiro atoms. The Kier molecular flexibility index (Phi) is 3.76. The lowest BCUT2D eigenvalue weighted by Crippen LogP contribution is -2.40. The molecule has 3 rings (SSSR count). The first-order valence-electron chi connectivity index (χ1n) is 7.45. The van der Waals surface area contributed by atoms with Crippen LogP contribution in [0.15, 0.2) is 24.3 Å². The van der Waals surface area contributed by atoms with E-state index in [0.29, 0.717) is 6.04 Å². The number of benzene rings is 1. The van der Waals surface area contributed by atoms with E-state index in [1.807, 2.05) is 0 Å². The quantitative estimate of drug-likeness (QED) is 0.908. The Bertz CT molecular complexity index is 413. The molecule has 1 saturated carbocycles. The Morgan fingerprint density at radius 1 is 1.11 bits per heavy atom. The highest BCUT2D eigenvalue weighted by atomic mass is 16.5. The summed E-state index contributed by atoms with van der Waals surface area (Å²) < 4.78 is 5.25. The minimum atomic E-state index is 0.261. The predicted molar refractivity (Wildman–Crippen MR) is 77.3 cm³/mol. The first-order chi connectivity index (χ1) is 9.29. The zero-order valence-corrected chi connectivity index (χ0v) is 11.7. The van der Waals surface area contributed by atoms with Gasteiger partial charge in [0.05, 0.1) is 13.2 Å². The molecule has 0 bridgehead atoms. The summed E-state index contributed by atoms with van der Waals surface area (Å²) in [6, 6.07) is 9.90. The van der Waals surface area contributed by atoms with Crippen LogP contribution in [0.5, 0.6) is 5.75 Å². The fourth-order valence-corrected chi connectivity index (χ4v) is 3.27. The summed E-state index contributed by atoms with van der Waals surface area (Å²) in [7, 11) is 1.71. The summed E-state index contributed by atoms with van der Waals surface area (Å²) in [5, 5.41) is 0. The number of hydrogen-bond donors (Lipinski definition) is 1. The van der Waals surface area contributed by atoms with Crippen molar-refractivity contribution < 1.29 is 4.74 Å². The molecule has 3 nitrogen and oxygen atoms in total. The highest BCUT2D eigenvalue weighted by molar-refractivity contribution is 5.30. The van der Waals surface area contributed by atoms with Crippen molar-refractivity contribution in [1.29, 1.82) is 0 Å². The summed E-state index contributed by atoms with van der Waals surface area (Å²) in [5.41, 5.74) is 7.81. The van der Waals surface area contributed by atoms with Gasteiger partial charge in [-0.15, -0.1) is 0 Å². The fourth-order valence-electron chi connectivity index (χ4n) is 3.27. The Hall–Kier alpha value is -1.06. The average molecular weight is 260 g/mol. The van der Waals surface area contributed by atoms with Crippen molar-refractivity contribution in [3.8, 4) is 5.75 Å². The van der Waals surface area contributed by atoms with Crippen LogP contribution in [0.3, 0.4) is 0 Å². The maximum Gasteiger partial charge on any atom is 0.118 e. The van der Waals surface area contributed by atoms with Gasteiger partial charge in [-0.2, -0.15) is 0 Å². The molecule has 2 fully saturated rings. The van der Waals surface area contributed by atoms with E-state index >= 15 is 0 Å². The third-order valence-electron chi connectivity index (χ3n) is 4.44. The zero-order valence-electron chi connectivity index (χ0n) is 11.7. The SMILES string of the molecule is COc1ccc(C2C(N)CCCCN2C2CC2)cc1. The van der Waals surface area contributed by atoms with E-state index in [4.69, 9.17) is 10.5 Å². The Morgan fingerprint density at radius 3 is 2.47 bits per heavy atom. The van der Waals surface area contributed by atoms with Crippen LogP contribution in [0.25, 0.3) is 0 Å². The van der Waals surface area contributed by atoms with Crippen LogP contribution in [-0.2, 0) is 0 Å². The molecular weight excluding hydrogens is 236 g/mol. The van der Waals surface area contributed by atoms with Crippen LogP contribution in [-0.4, -0.2) is 30.6 Å². The number of hydrogen-bond acceptors (Lipinski definition) is 3. The summed E-state index contributed by atoms with van der Waals surface area (Å²) in [6.07, 6.45) is 6.38. The first kappa shape index (κ1) is 12.9. The van der Waals surface area contributed by atoms with Crippen LogP contribution in [0, 0.1) is 0 Å². The van der Waals surface area contributed by atoms with Crippen molar-refractivity contribution in [3.63, 3.8) is 0 Å². The van der Waals surface area contributed by atoms with Gasteiger partial charge in [0.25, 0.3) is 0 Å². The van der Waals surface area contributed by atoms with Gasteiger partial charge >= 0.3 is 0 Å². The average Bonchev–Trinajstić information content (AvgIpc) is 3.26. The third-order valence-corrected chi connectivity index (χ3v) is 4.44. The lowest BCUT2D eigenvalue weighted by Gasteiger charge is -2.34. The minimum Gasteiger partial charge on any atom is -0.497 e. The van der Waals surface area contributed by atoms with E-state index in [2.05, 4.69) is 29.2 Å². The standard InChI is InChI=1S/C16H24N2O/c1-19-14-9-5-12(6-10-14)16-15(17)4-2-3-11-18(16)13-7-8-13/h5-6,9-10,13,15-16H,2-4,7-8,11,17H2,1H3. The van der Waals surface area contributed by atoms with E-state index in [9.17, 15) is 0 Å². The van der Waals surface area contributed by atoms with Crippen molar-refractivity contribution >= 4 is 0 Å². The fraction of sp³-hybridized carbons (Fsp3) is 0.625. The molecule has 1 aromatic rings. The van der Waals surface area contributed by atoms with Crippen molar-refractivity contribution in [2.24, 2.45) is 5.73 Å². The summed E-state index contributed by atoms with van der Waals surface area (Å²) >= 11 is 0. The Balaban J connectivity index is 1.87. The molecule has 0 amide bonds. The van der Waals surface area contributed by atoms with E-state index in [1.165, 1.54) is 37.8 Å². The summed E-state index contributed by atoms with van der Waals surface area (Å²) in [6.45, 7) is 1.20. The van der Waals surface area contributed by atoms with Gasteiger partial charge in [-0.3, -0.25) is 4.90 Å². The summed E-state index contributed by atoms with van der Waals surface area (Å²) in [4.78, 5) is 2.65. The lowest BCUT2D eigenvalue weighted by molar-refractivity contribution is 0.175. The van der Waals surface area contributed by atoms with Gasteiger partial charge < -0.3 is 10.5 Å². The first-order valence-corrected chi connectivity index (χ1v) is 7.45. The molecule has 1 saturated heterocycles. The molecular formula is C16H24N2O. The molecule has 1 aromatic carbocycles. The van der Waals surface area contributed by atoms with Crippen LogP contribution >= 0.6 is 0 Å². The van der Waals surface area contributed by atoms with Gasteiger partial charge in [0.1, 0.15) is 5.75 Å². The van der Waals surface area contributed by atoms with Crippen LogP contribution in [0.4, 0.5) is 0 Å². The van der Waals surface area contributed by atoms with Gasteiger partial charge in [-0.1, -0.05) is 18.6 Å². The third kappa shape index (κ3) is 2.77. The van der Waals surface area contributed by atoms with Crippen LogP contribution in [0.1, 0.15) is 43.7 Å². The minimum absolute atomic E-state index is 0.261. The van der Waals surface area contributed by atoms with Gasteiger partial charge in [0, 0.05) is 12.1 Å². The second-order valence-electron chi connectivity index (χ2n) is 5.85. The van der Waals surface area contributed by atoms with Crippen molar-refractivity contribution in [2.45, 2.75) is 50.2 Å².